The van der Waals surface area contributed by atoms with Crippen LogP contribution in [0.4, 0.5) is 0 Å². The maximum Gasteiger partial charge on any atom is 0.330 e. The molecule has 0 saturated heterocycles. The topological polar surface area (TPSA) is 42.4 Å². The van der Waals surface area contributed by atoms with Gasteiger partial charge in [0, 0.05) is 31.6 Å². The first-order valence-electron chi connectivity index (χ1n) is 10.2. The van der Waals surface area contributed by atoms with E-state index in [9.17, 15) is 4.79 Å². The van der Waals surface area contributed by atoms with E-state index < -0.39 is 0 Å². The molecule has 154 valence electrons. The van der Waals surface area contributed by atoms with Crippen molar-refractivity contribution in [2.75, 3.05) is 13.7 Å². The molecule has 0 bridgehead atoms. The second-order valence-corrected chi connectivity index (χ2v) is 7.26. The largest absolute Gasteiger partial charge is 0.466 e. The SMILES string of the molecule is COC(=O)C=Cc1ccc(CN(CCCc2ccccc2)Cc2cccnc2)cc1. The Hall–Kier alpha value is -3.24. The highest BCUT2D eigenvalue weighted by Crippen LogP contribution is 2.13. The molecule has 0 radical (unpaired) electrons. The standard InChI is InChI=1S/C26H28N2O2/c1-30-26(29)16-15-23-11-13-24(14-12-23)20-28(21-25-9-5-17-27-19-25)18-6-10-22-7-3-2-4-8-22/h2-5,7-9,11-17,19H,6,10,18,20-21H2,1H3. The number of methoxy groups -OCH3 is 1. The molecule has 0 aliphatic rings. The summed E-state index contributed by atoms with van der Waals surface area (Å²) in [7, 11) is 1.38. The number of benzene rings is 2. The van der Waals surface area contributed by atoms with Crippen LogP contribution >= 0.6 is 0 Å². The fourth-order valence-electron chi connectivity index (χ4n) is 3.34. The number of nitrogens with zero attached hydrogens (tertiary/aromatic N) is 2. The molecule has 4 heteroatoms. The number of pyridine rings is 1. The zero-order valence-corrected chi connectivity index (χ0v) is 17.4. The summed E-state index contributed by atoms with van der Waals surface area (Å²) in [4.78, 5) is 18.0. The molecule has 3 rings (SSSR count). The number of hydrogen-bond donors (Lipinski definition) is 0. The molecule has 3 aromatic rings. The van der Waals surface area contributed by atoms with Crippen LogP contribution in [0.1, 0.15) is 28.7 Å². The number of rotatable bonds is 10. The van der Waals surface area contributed by atoms with Crippen LogP contribution in [-0.4, -0.2) is 29.5 Å². The first-order valence-corrected chi connectivity index (χ1v) is 10.2. The van der Waals surface area contributed by atoms with E-state index in [0.29, 0.717) is 0 Å². The summed E-state index contributed by atoms with van der Waals surface area (Å²) in [5, 5.41) is 0. The predicted octanol–water partition coefficient (Wildman–Crippen LogP) is 4.90. The van der Waals surface area contributed by atoms with Gasteiger partial charge in [-0.3, -0.25) is 9.88 Å². The van der Waals surface area contributed by atoms with Crippen LogP contribution in [0, 0.1) is 0 Å². The van der Waals surface area contributed by atoms with E-state index >= 15 is 0 Å². The van der Waals surface area contributed by atoms with Crippen LogP contribution < -0.4 is 0 Å². The van der Waals surface area contributed by atoms with E-state index in [1.165, 1.54) is 29.9 Å². The minimum Gasteiger partial charge on any atom is -0.466 e. The molecule has 30 heavy (non-hydrogen) atoms. The maximum atomic E-state index is 11.3. The Balaban J connectivity index is 1.62. The smallest absolute Gasteiger partial charge is 0.330 e. The van der Waals surface area contributed by atoms with Gasteiger partial charge in [0.1, 0.15) is 0 Å². The Morgan fingerprint density at radius 3 is 2.37 bits per heavy atom. The first kappa shape index (κ1) is 21.5. The van der Waals surface area contributed by atoms with Crippen molar-refractivity contribution in [3.8, 4) is 0 Å². The van der Waals surface area contributed by atoms with E-state index in [1.807, 2.05) is 30.6 Å². The van der Waals surface area contributed by atoms with Gasteiger partial charge in [-0.15, -0.1) is 0 Å². The van der Waals surface area contributed by atoms with Gasteiger partial charge in [0.25, 0.3) is 0 Å². The van der Waals surface area contributed by atoms with E-state index in [1.54, 1.807) is 6.08 Å². The Morgan fingerprint density at radius 1 is 0.933 bits per heavy atom. The van der Waals surface area contributed by atoms with Gasteiger partial charge >= 0.3 is 5.97 Å². The van der Waals surface area contributed by atoms with Gasteiger partial charge in [0.05, 0.1) is 7.11 Å². The fourth-order valence-corrected chi connectivity index (χ4v) is 3.34. The van der Waals surface area contributed by atoms with Gasteiger partial charge in [0.2, 0.25) is 0 Å². The molecule has 0 spiro atoms. The summed E-state index contributed by atoms with van der Waals surface area (Å²) in [6.45, 7) is 2.74. The zero-order valence-electron chi connectivity index (χ0n) is 17.4. The van der Waals surface area contributed by atoms with Crippen molar-refractivity contribution in [3.05, 3.63) is 107 Å². The summed E-state index contributed by atoms with van der Waals surface area (Å²) in [5.74, 6) is -0.347. The van der Waals surface area contributed by atoms with Crippen molar-refractivity contribution >= 4 is 12.0 Å². The third kappa shape index (κ3) is 7.30. The summed E-state index contributed by atoms with van der Waals surface area (Å²) < 4.78 is 4.64. The first-order chi connectivity index (χ1) is 14.7. The number of carbonyl (C=O) groups excluding carboxylic acids is 1. The maximum absolute atomic E-state index is 11.3. The van der Waals surface area contributed by atoms with Crippen molar-refractivity contribution in [1.82, 2.24) is 9.88 Å². The zero-order chi connectivity index (χ0) is 21.0. The molecule has 0 atom stereocenters. The predicted molar refractivity (Wildman–Crippen MR) is 121 cm³/mol. The van der Waals surface area contributed by atoms with Gasteiger partial charge in [0.15, 0.2) is 0 Å². The van der Waals surface area contributed by atoms with E-state index in [-0.39, 0.29) is 5.97 Å². The average Bonchev–Trinajstić information content (AvgIpc) is 2.79. The fraction of sp³-hybridized carbons (Fsp3) is 0.231. The molecular weight excluding hydrogens is 372 g/mol. The highest BCUT2D eigenvalue weighted by molar-refractivity contribution is 5.86. The molecule has 2 aromatic carbocycles. The molecule has 0 unspecified atom stereocenters. The summed E-state index contributed by atoms with van der Waals surface area (Å²) in [6, 6.07) is 23.0. The van der Waals surface area contributed by atoms with Crippen LogP contribution in [0.3, 0.4) is 0 Å². The molecule has 1 aromatic heterocycles. The van der Waals surface area contributed by atoms with Crippen LogP contribution in [0.2, 0.25) is 0 Å². The Morgan fingerprint density at radius 2 is 1.67 bits per heavy atom. The number of esters is 1. The highest BCUT2D eigenvalue weighted by atomic mass is 16.5. The number of carbonyl (C=O) groups is 1. The number of aryl methyl sites for hydroxylation is 1. The summed E-state index contributed by atoms with van der Waals surface area (Å²) >= 11 is 0. The normalized spacial score (nSPS) is 11.1. The Labute approximate surface area is 178 Å². The monoisotopic (exact) mass is 400 g/mol. The summed E-state index contributed by atoms with van der Waals surface area (Å²) in [5.41, 5.74) is 4.82. The van der Waals surface area contributed by atoms with Crippen molar-refractivity contribution in [2.24, 2.45) is 0 Å². The van der Waals surface area contributed by atoms with Gasteiger partial charge in [-0.25, -0.2) is 4.79 Å². The third-order valence-electron chi connectivity index (χ3n) is 4.91. The minimum absolute atomic E-state index is 0.347. The lowest BCUT2D eigenvalue weighted by atomic mass is 10.1. The molecule has 1 heterocycles. The quantitative estimate of drug-likeness (QED) is 0.358. The molecule has 0 N–H and O–H groups in total. The molecule has 0 fully saturated rings. The number of hydrogen-bond acceptors (Lipinski definition) is 4. The average molecular weight is 401 g/mol. The molecule has 0 aliphatic heterocycles. The molecule has 0 saturated carbocycles. The second-order valence-electron chi connectivity index (χ2n) is 7.26. The van der Waals surface area contributed by atoms with E-state index in [0.717, 1.165) is 38.0 Å². The van der Waals surface area contributed by atoms with Gasteiger partial charge in [-0.1, -0.05) is 60.7 Å². The van der Waals surface area contributed by atoms with Crippen LogP contribution in [0.5, 0.6) is 0 Å². The lowest BCUT2D eigenvalue weighted by Gasteiger charge is -2.22. The number of ether oxygens (including phenoxy) is 1. The van der Waals surface area contributed by atoms with Crippen LogP contribution in [-0.2, 0) is 29.0 Å². The third-order valence-corrected chi connectivity index (χ3v) is 4.91. The van der Waals surface area contributed by atoms with E-state index in [4.69, 9.17) is 0 Å². The van der Waals surface area contributed by atoms with Crippen LogP contribution in [0.25, 0.3) is 6.08 Å². The lowest BCUT2D eigenvalue weighted by molar-refractivity contribution is -0.134. The molecule has 0 aliphatic carbocycles. The highest BCUT2D eigenvalue weighted by Gasteiger charge is 2.08. The van der Waals surface area contributed by atoms with Gasteiger partial charge < -0.3 is 4.74 Å². The number of aromatic nitrogens is 1. The van der Waals surface area contributed by atoms with Crippen LogP contribution in [0.15, 0.2) is 85.2 Å². The summed E-state index contributed by atoms with van der Waals surface area (Å²) in [6.07, 6.45) is 9.12. The Bertz CT molecular complexity index is 922. The molecule has 0 amide bonds. The van der Waals surface area contributed by atoms with Crippen molar-refractivity contribution < 1.29 is 9.53 Å². The second kappa shape index (κ2) is 11.7. The van der Waals surface area contributed by atoms with E-state index in [2.05, 4.69) is 63.2 Å². The molecule has 4 nitrogen and oxygen atoms in total. The minimum atomic E-state index is -0.347. The Kier molecular flexibility index (Phi) is 8.36. The van der Waals surface area contributed by atoms with Crippen molar-refractivity contribution in [2.45, 2.75) is 25.9 Å². The van der Waals surface area contributed by atoms with Gasteiger partial charge in [-0.2, -0.15) is 0 Å². The van der Waals surface area contributed by atoms with Crippen molar-refractivity contribution in [3.63, 3.8) is 0 Å². The van der Waals surface area contributed by atoms with Gasteiger partial charge in [-0.05, 0) is 53.8 Å². The lowest BCUT2D eigenvalue weighted by Crippen LogP contribution is -2.24. The molecular formula is C26H28N2O2. The van der Waals surface area contributed by atoms with Crippen molar-refractivity contribution in [1.29, 1.82) is 0 Å².